The number of amides is 3. The topological polar surface area (TPSA) is 73.9 Å². The lowest BCUT2D eigenvalue weighted by molar-refractivity contribution is -0.125. The molecule has 1 heterocycles. The molecular weight excluding hydrogens is 344 g/mol. The second kappa shape index (κ2) is 9.71. The molecule has 3 amide bonds. The van der Waals surface area contributed by atoms with E-state index in [-0.39, 0.29) is 17.5 Å². The van der Waals surface area contributed by atoms with Gasteiger partial charge >= 0.3 is 6.03 Å². The van der Waals surface area contributed by atoms with Crippen molar-refractivity contribution in [2.75, 3.05) is 39.3 Å². The van der Waals surface area contributed by atoms with E-state index >= 15 is 0 Å². The average Bonchev–Trinajstić information content (AvgIpc) is 2.61. The van der Waals surface area contributed by atoms with Gasteiger partial charge in [0.1, 0.15) is 12.4 Å². The summed E-state index contributed by atoms with van der Waals surface area (Å²) < 4.78 is 5.74. The van der Waals surface area contributed by atoms with Crippen molar-refractivity contribution in [1.29, 1.82) is 0 Å². The Balaban J connectivity index is 1.68. The largest absolute Gasteiger partial charge is 0.492 e. The van der Waals surface area contributed by atoms with Crippen LogP contribution < -0.4 is 15.4 Å². The third-order valence-electron chi connectivity index (χ3n) is 4.48. The fourth-order valence-electron chi connectivity index (χ4n) is 2.94. The zero-order valence-corrected chi connectivity index (χ0v) is 16.8. The van der Waals surface area contributed by atoms with Crippen LogP contribution in [0, 0.1) is 0 Å². The molecule has 7 heteroatoms. The first-order valence-electron chi connectivity index (χ1n) is 9.52. The number of nitrogens with one attached hydrogen (secondary N) is 2. The molecule has 0 radical (unpaired) electrons. The highest BCUT2D eigenvalue weighted by molar-refractivity contribution is 5.97. The van der Waals surface area contributed by atoms with Crippen LogP contribution in [0.15, 0.2) is 30.3 Å². The summed E-state index contributed by atoms with van der Waals surface area (Å²) in [6.45, 7) is 12.3. The third-order valence-corrected chi connectivity index (χ3v) is 4.48. The first kappa shape index (κ1) is 21.2. The first-order chi connectivity index (χ1) is 12.7. The molecule has 0 aromatic heterocycles. The van der Waals surface area contributed by atoms with Gasteiger partial charge in [-0.2, -0.15) is 0 Å². The van der Waals surface area contributed by atoms with Crippen LogP contribution in [0.4, 0.5) is 4.79 Å². The molecule has 1 aliphatic heterocycles. The number of imide groups is 1. The summed E-state index contributed by atoms with van der Waals surface area (Å²) in [4.78, 5) is 28.6. The van der Waals surface area contributed by atoms with Gasteiger partial charge in [-0.25, -0.2) is 4.79 Å². The Morgan fingerprint density at radius 3 is 2.33 bits per heavy atom. The van der Waals surface area contributed by atoms with Crippen LogP contribution in [0.1, 0.15) is 27.7 Å². The third kappa shape index (κ3) is 7.56. The molecular formula is C20H32N4O3. The maximum absolute atomic E-state index is 12.3. The van der Waals surface area contributed by atoms with Gasteiger partial charge in [0.25, 0.3) is 0 Å². The van der Waals surface area contributed by atoms with Crippen molar-refractivity contribution in [2.24, 2.45) is 0 Å². The summed E-state index contributed by atoms with van der Waals surface area (Å²) >= 11 is 0. The Morgan fingerprint density at radius 2 is 1.74 bits per heavy atom. The number of nitrogens with zero attached hydrogens (tertiary/aromatic N) is 2. The fraction of sp³-hybridized carbons (Fsp3) is 0.600. The minimum Gasteiger partial charge on any atom is -0.492 e. The predicted octanol–water partition coefficient (Wildman–Crippen LogP) is 1.70. The Labute approximate surface area is 162 Å². The highest BCUT2D eigenvalue weighted by Gasteiger charge is 2.27. The SMILES string of the molecule is CC(C(=O)NC(=O)NC(C)(C)C)N1CCN(CCOc2ccccc2)CC1. The molecule has 0 bridgehead atoms. The molecule has 27 heavy (non-hydrogen) atoms. The number of hydrogen-bond donors (Lipinski definition) is 2. The molecule has 0 saturated carbocycles. The van der Waals surface area contributed by atoms with Gasteiger partial charge < -0.3 is 10.1 Å². The monoisotopic (exact) mass is 376 g/mol. The van der Waals surface area contributed by atoms with Gasteiger partial charge in [0, 0.05) is 38.3 Å². The number of carbonyl (C=O) groups excluding carboxylic acids is 2. The lowest BCUT2D eigenvalue weighted by Crippen LogP contribution is -2.57. The van der Waals surface area contributed by atoms with Crippen molar-refractivity contribution in [1.82, 2.24) is 20.4 Å². The smallest absolute Gasteiger partial charge is 0.321 e. The number of piperazine rings is 1. The molecule has 1 aromatic rings. The van der Waals surface area contributed by atoms with E-state index in [1.807, 2.05) is 58.0 Å². The quantitative estimate of drug-likeness (QED) is 0.790. The van der Waals surface area contributed by atoms with E-state index in [0.717, 1.165) is 38.5 Å². The van der Waals surface area contributed by atoms with Crippen molar-refractivity contribution in [2.45, 2.75) is 39.3 Å². The Kier molecular flexibility index (Phi) is 7.62. The Bertz CT molecular complexity index is 607. The van der Waals surface area contributed by atoms with Crippen molar-refractivity contribution in [3.63, 3.8) is 0 Å². The summed E-state index contributed by atoms with van der Waals surface area (Å²) in [5.74, 6) is 0.618. The molecule has 1 atom stereocenters. The van der Waals surface area contributed by atoms with Crippen molar-refractivity contribution in [3.05, 3.63) is 30.3 Å². The van der Waals surface area contributed by atoms with Gasteiger partial charge in [-0.05, 0) is 39.8 Å². The second-order valence-electron chi connectivity index (χ2n) is 7.91. The molecule has 1 unspecified atom stereocenters. The molecule has 1 saturated heterocycles. The number of benzene rings is 1. The number of hydrogen-bond acceptors (Lipinski definition) is 5. The van der Waals surface area contributed by atoms with E-state index in [1.165, 1.54) is 0 Å². The van der Waals surface area contributed by atoms with Crippen LogP contribution in [0.2, 0.25) is 0 Å². The van der Waals surface area contributed by atoms with E-state index in [1.54, 1.807) is 0 Å². The van der Waals surface area contributed by atoms with Crippen LogP contribution >= 0.6 is 0 Å². The van der Waals surface area contributed by atoms with E-state index in [4.69, 9.17) is 4.74 Å². The van der Waals surface area contributed by atoms with Crippen molar-refractivity contribution < 1.29 is 14.3 Å². The lowest BCUT2D eigenvalue weighted by Gasteiger charge is -2.37. The summed E-state index contributed by atoms with van der Waals surface area (Å²) in [6.07, 6.45) is 0. The molecule has 2 N–H and O–H groups in total. The summed E-state index contributed by atoms with van der Waals surface area (Å²) in [7, 11) is 0. The molecule has 2 rings (SSSR count). The average molecular weight is 377 g/mol. The van der Waals surface area contributed by atoms with Crippen LogP contribution in [0.5, 0.6) is 5.75 Å². The predicted molar refractivity (Wildman–Crippen MR) is 106 cm³/mol. The standard InChI is InChI=1S/C20H32N4O3/c1-16(18(25)21-19(26)22-20(2,3)4)24-12-10-23(11-13-24)14-15-27-17-8-6-5-7-9-17/h5-9,16H,10-15H2,1-4H3,(H2,21,22,25,26). The van der Waals surface area contributed by atoms with Gasteiger partial charge in [0.15, 0.2) is 0 Å². The van der Waals surface area contributed by atoms with Crippen molar-refractivity contribution in [3.8, 4) is 5.75 Å². The van der Waals surface area contributed by atoms with Gasteiger partial charge in [0.05, 0.1) is 6.04 Å². The van der Waals surface area contributed by atoms with Gasteiger partial charge in [-0.15, -0.1) is 0 Å². The summed E-state index contributed by atoms with van der Waals surface area (Å²) in [6, 6.07) is 9.01. The van der Waals surface area contributed by atoms with Crippen LogP contribution in [-0.4, -0.2) is 72.6 Å². The van der Waals surface area contributed by atoms with Gasteiger partial charge in [0.2, 0.25) is 5.91 Å². The molecule has 0 spiro atoms. The maximum atomic E-state index is 12.3. The van der Waals surface area contributed by atoms with Crippen molar-refractivity contribution >= 4 is 11.9 Å². The second-order valence-corrected chi connectivity index (χ2v) is 7.91. The van der Waals surface area contributed by atoms with E-state index in [2.05, 4.69) is 20.4 Å². The molecule has 1 aliphatic rings. The van der Waals surface area contributed by atoms with Crippen LogP contribution in [0.25, 0.3) is 0 Å². The van der Waals surface area contributed by atoms with E-state index < -0.39 is 6.03 Å². The highest BCUT2D eigenvalue weighted by Crippen LogP contribution is 2.10. The number of rotatable bonds is 6. The van der Waals surface area contributed by atoms with Crippen LogP contribution in [-0.2, 0) is 4.79 Å². The number of carbonyl (C=O) groups is 2. The zero-order valence-electron chi connectivity index (χ0n) is 16.8. The minimum absolute atomic E-state index is 0.266. The number of urea groups is 1. The van der Waals surface area contributed by atoms with Crippen LogP contribution in [0.3, 0.4) is 0 Å². The first-order valence-corrected chi connectivity index (χ1v) is 9.52. The zero-order chi connectivity index (χ0) is 19.9. The fourth-order valence-corrected chi connectivity index (χ4v) is 2.94. The number of para-hydroxylation sites is 1. The molecule has 0 aliphatic carbocycles. The molecule has 7 nitrogen and oxygen atoms in total. The van der Waals surface area contributed by atoms with E-state index in [0.29, 0.717) is 6.61 Å². The number of ether oxygens (including phenoxy) is 1. The molecule has 1 fully saturated rings. The minimum atomic E-state index is -0.448. The Morgan fingerprint density at radius 1 is 1.11 bits per heavy atom. The Hall–Kier alpha value is -2.12. The molecule has 1 aromatic carbocycles. The van der Waals surface area contributed by atoms with E-state index in [9.17, 15) is 9.59 Å². The van der Waals surface area contributed by atoms with Gasteiger partial charge in [-0.1, -0.05) is 18.2 Å². The lowest BCUT2D eigenvalue weighted by atomic mass is 10.1. The van der Waals surface area contributed by atoms with Gasteiger partial charge in [-0.3, -0.25) is 19.9 Å². The molecule has 150 valence electrons. The normalized spacial score (nSPS) is 17.2. The summed E-state index contributed by atoms with van der Waals surface area (Å²) in [5, 5.41) is 5.17. The maximum Gasteiger partial charge on any atom is 0.321 e. The summed E-state index contributed by atoms with van der Waals surface area (Å²) in [5.41, 5.74) is -0.374. The highest BCUT2D eigenvalue weighted by atomic mass is 16.5.